The molecule has 3 rings (SSSR count). The van der Waals surface area contributed by atoms with Crippen LogP contribution in [0.3, 0.4) is 0 Å². The molecule has 1 unspecified atom stereocenters. The van der Waals surface area contributed by atoms with Gasteiger partial charge in [0.15, 0.2) is 0 Å². The van der Waals surface area contributed by atoms with E-state index in [1.165, 1.54) is 57.8 Å². The number of amides is 1. The minimum atomic E-state index is -3.55. The number of nitrogens with one attached hydrogen (secondary N) is 2. The van der Waals surface area contributed by atoms with E-state index in [2.05, 4.69) is 14.9 Å². The molecule has 7 nitrogen and oxygen atoms in total. The van der Waals surface area contributed by atoms with Crippen molar-refractivity contribution in [1.82, 2.24) is 19.5 Å². The van der Waals surface area contributed by atoms with Gasteiger partial charge in [0.05, 0.1) is 0 Å². The number of aromatic nitrogens is 1. The molecule has 0 spiro atoms. The van der Waals surface area contributed by atoms with E-state index in [0.29, 0.717) is 11.7 Å². The third kappa shape index (κ3) is 4.29. The Balaban J connectivity index is 1.60. The summed E-state index contributed by atoms with van der Waals surface area (Å²) < 4.78 is 27.7. The molecular weight excluding hydrogens is 352 g/mol. The van der Waals surface area contributed by atoms with Crippen molar-refractivity contribution in [3.8, 4) is 0 Å². The number of nitrogens with zero attached hydrogens (tertiary/aromatic N) is 2. The molecule has 0 aromatic carbocycles. The van der Waals surface area contributed by atoms with E-state index in [1.54, 1.807) is 11.6 Å². The Morgan fingerprint density at radius 1 is 1.15 bits per heavy atom. The molecule has 2 aliphatic rings. The highest BCUT2D eigenvalue weighted by molar-refractivity contribution is 7.89. The lowest BCUT2D eigenvalue weighted by Gasteiger charge is -2.26. The summed E-state index contributed by atoms with van der Waals surface area (Å²) in [5, 5.41) is 3.09. The number of likely N-dealkylation sites (tertiary alicyclic amines) is 1. The van der Waals surface area contributed by atoms with Gasteiger partial charge in [0, 0.05) is 38.4 Å². The SMILES string of the molecule is CNS(=O)(=O)c1cc(C(=O)NC2CCN(C3CCCCCC3)C2)n(C)c1. The van der Waals surface area contributed by atoms with Crippen LogP contribution in [0.5, 0.6) is 0 Å². The van der Waals surface area contributed by atoms with Crippen LogP contribution in [-0.2, 0) is 17.1 Å². The fraction of sp³-hybridized carbons (Fsp3) is 0.722. The summed E-state index contributed by atoms with van der Waals surface area (Å²) in [6, 6.07) is 2.21. The lowest BCUT2D eigenvalue weighted by molar-refractivity contribution is 0.0927. The van der Waals surface area contributed by atoms with Crippen molar-refractivity contribution in [3.05, 3.63) is 18.0 Å². The van der Waals surface area contributed by atoms with Crippen LogP contribution in [0.1, 0.15) is 55.4 Å². The van der Waals surface area contributed by atoms with Crippen molar-refractivity contribution >= 4 is 15.9 Å². The van der Waals surface area contributed by atoms with Crippen LogP contribution in [0.2, 0.25) is 0 Å². The topological polar surface area (TPSA) is 83.4 Å². The summed E-state index contributed by atoms with van der Waals surface area (Å²) in [7, 11) is -0.492. The van der Waals surface area contributed by atoms with Crippen molar-refractivity contribution in [2.45, 2.75) is 61.9 Å². The van der Waals surface area contributed by atoms with E-state index >= 15 is 0 Å². The summed E-state index contributed by atoms with van der Waals surface area (Å²) >= 11 is 0. The second kappa shape index (κ2) is 8.10. The number of rotatable bonds is 5. The van der Waals surface area contributed by atoms with Crippen molar-refractivity contribution in [3.63, 3.8) is 0 Å². The van der Waals surface area contributed by atoms with Crippen LogP contribution in [-0.4, -0.2) is 56.0 Å². The Kier molecular flexibility index (Phi) is 6.04. The number of sulfonamides is 1. The molecule has 26 heavy (non-hydrogen) atoms. The van der Waals surface area contributed by atoms with Gasteiger partial charge in [0.2, 0.25) is 10.0 Å². The van der Waals surface area contributed by atoms with E-state index < -0.39 is 10.0 Å². The van der Waals surface area contributed by atoms with Gasteiger partial charge in [0.1, 0.15) is 10.6 Å². The van der Waals surface area contributed by atoms with E-state index in [0.717, 1.165) is 19.5 Å². The Morgan fingerprint density at radius 2 is 1.85 bits per heavy atom. The fourth-order valence-electron chi connectivity index (χ4n) is 4.14. The maximum Gasteiger partial charge on any atom is 0.268 e. The summed E-state index contributed by atoms with van der Waals surface area (Å²) in [5.74, 6) is -0.210. The number of aryl methyl sites for hydroxylation is 1. The second-order valence-corrected chi connectivity index (χ2v) is 9.37. The van der Waals surface area contributed by atoms with Crippen LogP contribution in [0.15, 0.2) is 17.2 Å². The monoisotopic (exact) mass is 382 g/mol. The number of carbonyl (C=O) groups excluding carboxylic acids is 1. The van der Waals surface area contributed by atoms with Crippen molar-refractivity contribution < 1.29 is 13.2 Å². The summed E-state index contributed by atoms with van der Waals surface area (Å²) in [6.45, 7) is 1.92. The molecule has 8 heteroatoms. The van der Waals surface area contributed by atoms with Gasteiger partial charge in [-0.3, -0.25) is 9.69 Å². The van der Waals surface area contributed by atoms with Gasteiger partial charge in [-0.2, -0.15) is 0 Å². The van der Waals surface area contributed by atoms with E-state index in [-0.39, 0.29) is 16.8 Å². The molecule has 1 aromatic heterocycles. The average Bonchev–Trinajstić information content (AvgIpc) is 3.13. The zero-order valence-electron chi connectivity index (χ0n) is 15.7. The normalized spacial score (nSPS) is 23.1. The molecule has 0 bridgehead atoms. The van der Waals surface area contributed by atoms with E-state index in [1.807, 2.05) is 0 Å². The van der Waals surface area contributed by atoms with E-state index in [4.69, 9.17) is 0 Å². The van der Waals surface area contributed by atoms with Crippen LogP contribution >= 0.6 is 0 Å². The molecule has 1 aromatic rings. The zero-order chi connectivity index (χ0) is 18.7. The predicted octanol–water partition coefficient (Wildman–Crippen LogP) is 1.46. The van der Waals surface area contributed by atoms with Gasteiger partial charge in [-0.25, -0.2) is 13.1 Å². The van der Waals surface area contributed by atoms with Gasteiger partial charge in [-0.1, -0.05) is 25.7 Å². The zero-order valence-corrected chi connectivity index (χ0v) is 16.5. The van der Waals surface area contributed by atoms with Crippen LogP contribution in [0.4, 0.5) is 0 Å². The van der Waals surface area contributed by atoms with Crippen molar-refractivity contribution in [2.75, 3.05) is 20.1 Å². The predicted molar refractivity (Wildman–Crippen MR) is 101 cm³/mol. The molecular formula is C18H30N4O3S. The molecule has 1 amide bonds. The molecule has 0 radical (unpaired) electrons. The lowest BCUT2D eigenvalue weighted by atomic mass is 10.1. The maximum absolute atomic E-state index is 12.6. The van der Waals surface area contributed by atoms with Crippen LogP contribution in [0, 0.1) is 0 Å². The van der Waals surface area contributed by atoms with Gasteiger partial charge in [-0.15, -0.1) is 0 Å². The quantitative estimate of drug-likeness (QED) is 0.755. The summed E-state index contributed by atoms with van der Waals surface area (Å²) in [6.07, 6.45) is 10.3. The lowest BCUT2D eigenvalue weighted by Crippen LogP contribution is -2.40. The Labute approximate surface area is 156 Å². The van der Waals surface area contributed by atoms with Gasteiger partial charge >= 0.3 is 0 Å². The highest BCUT2D eigenvalue weighted by atomic mass is 32.2. The van der Waals surface area contributed by atoms with E-state index in [9.17, 15) is 13.2 Å². The molecule has 1 saturated carbocycles. The minimum absolute atomic E-state index is 0.110. The molecule has 2 N–H and O–H groups in total. The second-order valence-electron chi connectivity index (χ2n) is 7.48. The first-order valence-corrected chi connectivity index (χ1v) is 11.0. The highest BCUT2D eigenvalue weighted by Gasteiger charge is 2.30. The first-order chi connectivity index (χ1) is 12.4. The fourth-order valence-corrected chi connectivity index (χ4v) is 4.94. The van der Waals surface area contributed by atoms with Gasteiger partial charge in [-0.05, 0) is 32.4 Å². The molecule has 1 atom stereocenters. The number of hydrogen-bond donors (Lipinski definition) is 2. The molecule has 1 aliphatic heterocycles. The average molecular weight is 383 g/mol. The Hall–Kier alpha value is -1.38. The molecule has 1 aliphatic carbocycles. The summed E-state index contributed by atoms with van der Waals surface area (Å²) in [5.41, 5.74) is 0.367. The molecule has 2 fully saturated rings. The largest absolute Gasteiger partial charge is 0.347 e. The smallest absolute Gasteiger partial charge is 0.268 e. The molecule has 1 saturated heterocycles. The first kappa shape index (κ1) is 19.4. The third-order valence-electron chi connectivity index (χ3n) is 5.69. The molecule has 2 heterocycles. The molecule has 146 valence electrons. The summed E-state index contributed by atoms with van der Waals surface area (Å²) in [4.78, 5) is 15.3. The van der Waals surface area contributed by atoms with Crippen molar-refractivity contribution in [1.29, 1.82) is 0 Å². The van der Waals surface area contributed by atoms with Gasteiger partial charge in [0.25, 0.3) is 5.91 Å². The van der Waals surface area contributed by atoms with Crippen molar-refractivity contribution in [2.24, 2.45) is 7.05 Å². The minimum Gasteiger partial charge on any atom is -0.347 e. The van der Waals surface area contributed by atoms with Crippen LogP contribution in [0.25, 0.3) is 0 Å². The van der Waals surface area contributed by atoms with Gasteiger partial charge < -0.3 is 9.88 Å². The highest BCUT2D eigenvalue weighted by Crippen LogP contribution is 2.25. The van der Waals surface area contributed by atoms with Crippen LogP contribution < -0.4 is 10.0 Å². The standard InChI is InChI=1S/C18H30N4O3S/c1-19-26(24,25)16-11-17(21(2)13-16)18(23)20-14-9-10-22(12-14)15-7-5-3-4-6-8-15/h11,13-15,19H,3-10,12H2,1-2H3,(H,20,23). The third-order valence-corrected chi connectivity index (χ3v) is 7.07. The first-order valence-electron chi connectivity index (χ1n) is 9.55. The maximum atomic E-state index is 12.6. The number of carbonyl (C=O) groups is 1. The Morgan fingerprint density at radius 3 is 2.50 bits per heavy atom. The Bertz CT molecular complexity index is 736. The number of hydrogen-bond acceptors (Lipinski definition) is 4.